The molecule has 0 saturated carbocycles. The Labute approximate surface area is 145 Å². The minimum absolute atomic E-state index is 0.00335. The number of ether oxygens (including phenoxy) is 1. The monoisotopic (exact) mass is 374 g/mol. The molecule has 1 aromatic heterocycles. The minimum Gasteiger partial charge on any atom is -0.449 e. The van der Waals surface area contributed by atoms with E-state index in [4.69, 9.17) is 16.3 Å². The van der Waals surface area contributed by atoms with Crippen LogP contribution in [0.5, 0.6) is 0 Å². The lowest BCUT2D eigenvalue weighted by atomic mass is 10.2. The molecule has 0 bridgehead atoms. The van der Waals surface area contributed by atoms with Crippen LogP contribution in [0, 0.1) is 0 Å². The van der Waals surface area contributed by atoms with E-state index in [1.165, 1.54) is 30.2 Å². The lowest BCUT2D eigenvalue weighted by Crippen LogP contribution is -2.46. The topological polar surface area (TPSA) is 93.6 Å². The first-order valence-electron chi connectivity index (χ1n) is 7.57. The van der Waals surface area contributed by atoms with Crippen molar-refractivity contribution in [2.24, 2.45) is 0 Å². The number of pyridine rings is 1. The van der Waals surface area contributed by atoms with Gasteiger partial charge in [-0.1, -0.05) is 11.6 Å². The summed E-state index contributed by atoms with van der Waals surface area (Å²) in [6.45, 7) is 3.56. The number of hydrogen-bond acceptors (Lipinski definition) is 6. The number of amides is 1. The Morgan fingerprint density at radius 3 is 2.75 bits per heavy atom. The van der Waals surface area contributed by atoms with Crippen LogP contribution in [0.25, 0.3) is 0 Å². The molecular formula is C15H19ClN2O5S. The van der Waals surface area contributed by atoms with Crippen LogP contribution in [-0.2, 0) is 19.4 Å². The average Bonchev–Trinajstić information content (AvgIpc) is 2.88. The van der Waals surface area contributed by atoms with Gasteiger partial charge in [-0.25, -0.2) is 18.2 Å². The number of aromatic nitrogens is 1. The van der Waals surface area contributed by atoms with Crippen LogP contribution >= 0.6 is 11.6 Å². The van der Waals surface area contributed by atoms with Crippen molar-refractivity contribution in [3.05, 3.63) is 29.0 Å². The van der Waals surface area contributed by atoms with Crippen molar-refractivity contribution in [1.82, 2.24) is 9.88 Å². The van der Waals surface area contributed by atoms with Gasteiger partial charge in [0.2, 0.25) is 0 Å². The van der Waals surface area contributed by atoms with E-state index in [1.54, 1.807) is 6.92 Å². The number of esters is 1. The Hall–Kier alpha value is -1.67. The van der Waals surface area contributed by atoms with Crippen molar-refractivity contribution in [3.63, 3.8) is 0 Å². The average molecular weight is 375 g/mol. The maximum atomic E-state index is 12.5. The first kappa shape index (κ1) is 18.7. The Balaban J connectivity index is 2.05. The summed E-state index contributed by atoms with van der Waals surface area (Å²) in [5.41, 5.74) is 0.0744. The zero-order valence-electron chi connectivity index (χ0n) is 13.4. The Morgan fingerprint density at radius 1 is 1.50 bits per heavy atom. The molecule has 1 aliphatic rings. The lowest BCUT2D eigenvalue weighted by Gasteiger charge is -2.29. The Kier molecular flexibility index (Phi) is 5.82. The van der Waals surface area contributed by atoms with Crippen molar-refractivity contribution in [2.45, 2.75) is 32.4 Å². The molecule has 24 heavy (non-hydrogen) atoms. The third-order valence-corrected chi connectivity index (χ3v) is 5.94. The van der Waals surface area contributed by atoms with Gasteiger partial charge in [-0.2, -0.15) is 0 Å². The van der Waals surface area contributed by atoms with Crippen LogP contribution in [0.2, 0.25) is 5.15 Å². The molecule has 1 fully saturated rings. The highest BCUT2D eigenvalue weighted by molar-refractivity contribution is 7.91. The third kappa shape index (κ3) is 4.24. The first-order chi connectivity index (χ1) is 11.2. The maximum Gasteiger partial charge on any atom is 0.342 e. The van der Waals surface area contributed by atoms with Crippen LogP contribution in [0.4, 0.5) is 0 Å². The van der Waals surface area contributed by atoms with Crippen LogP contribution < -0.4 is 0 Å². The summed E-state index contributed by atoms with van der Waals surface area (Å²) < 4.78 is 28.4. The molecule has 1 aromatic rings. The largest absolute Gasteiger partial charge is 0.449 e. The summed E-state index contributed by atoms with van der Waals surface area (Å²) in [5, 5.41) is -0.00335. The summed E-state index contributed by atoms with van der Waals surface area (Å²) in [4.78, 5) is 29.9. The van der Waals surface area contributed by atoms with E-state index in [2.05, 4.69) is 4.98 Å². The molecule has 9 heteroatoms. The number of hydrogen-bond donors (Lipinski definition) is 0. The molecule has 1 amide bonds. The third-order valence-electron chi connectivity index (χ3n) is 3.88. The molecule has 1 saturated heterocycles. The molecule has 0 aromatic carbocycles. The molecule has 7 nitrogen and oxygen atoms in total. The van der Waals surface area contributed by atoms with Gasteiger partial charge in [-0.05, 0) is 32.4 Å². The maximum absolute atomic E-state index is 12.5. The minimum atomic E-state index is -3.11. The van der Waals surface area contributed by atoms with Gasteiger partial charge in [-0.15, -0.1) is 0 Å². The molecule has 0 radical (unpaired) electrons. The number of likely N-dealkylation sites (N-methyl/N-ethyl adjacent to an activating group) is 1. The number of nitrogens with zero attached hydrogens (tertiary/aromatic N) is 2. The van der Waals surface area contributed by atoms with E-state index in [-0.39, 0.29) is 28.3 Å². The van der Waals surface area contributed by atoms with Crippen molar-refractivity contribution in [3.8, 4) is 0 Å². The molecule has 2 rings (SSSR count). The molecule has 0 N–H and O–H groups in total. The molecule has 2 unspecified atom stereocenters. The summed E-state index contributed by atoms with van der Waals surface area (Å²) >= 11 is 5.83. The number of carbonyl (C=O) groups is 2. The molecule has 132 valence electrons. The fraction of sp³-hybridized carbons (Fsp3) is 0.533. The second kappa shape index (κ2) is 7.48. The zero-order valence-corrected chi connectivity index (χ0v) is 15.0. The number of sulfone groups is 1. The molecule has 2 heterocycles. The van der Waals surface area contributed by atoms with Gasteiger partial charge >= 0.3 is 5.97 Å². The second-order valence-electron chi connectivity index (χ2n) is 5.57. The SMILES string of the molecule is CCN(C(=O)C(C)OC(=O)c1cccnc1Cl)C1CCS(=O)(=O)C1. The van der Waals surface area contributed by atoms with E-state index in [9.17, 15) is 18.0 Å². The highest BCUT2D eigenvalue weighted by Crippen LogP contribution is 2.20. The van der Waals surface area contributed by atoms with Crippen molar-refractivity contribution >= 4 is 33.3 Å². The Bertz CT molecular complexity index is 737. The van der Waals surface area contributed by atoms with Crippen LogP contribution in [0.1, 0.15) is 30.6 Å². The zero-order chi connectivity index (χ0) is 17.9. The van der Waals surface area contributed by atoms with E-state index < -0.39 is 27.8 Å². The number of rotatable bonds is 5. The number of halogens is 1. The molecule has 0 aliphatic carbocycles. The van der Waals surface area contributed by atoms with Gasteiger partial charge < -0.3 is 9.64 Å². The molecular weight excluding hydrogens is 356 g/mol. The van der Waals surface area contributed by atoms with Crippen LogP contribution in [0.15, 0.2) is 18.3 Å². The highest BCUT2D eigenvalue weighted by atomic mass is 35.5. The highest BCUT2D eigenvalue weighted by Gasteiger charge is 2.36. The van der Waals surface area contributed by atoms with Crippen molar-refractivity contribution < 1.29 is 22.7 Å². The summed E-state index contributed by atoms with van der Waals surface area (Å²) in [6, 6.07) is 2.61. The fourth-order valence-electron chi connectivity index (χ4n) is 2.66. The smallest absolute Gasteiger partial charge is 0.342 e. The molecule has 0 spiro atoms. The second-order valence-corrected chi connectivity index (χ2v) is 8.16. The molecule has 2 atom stereocenters. The summed E-state index contributed by atoms with van der Waals surface area (Å²) in [7, 11) is -3.11. The predicted molar refractivity (Wildman–Crippen MR) is 88.6 cm³/mol. The standard InChI is InChI=1S/C15H19ClN2O5S/c1-3-18(11-6-8-24(21,22)9-11)14(19)10(2)23-15(20)12-5-4-7-17-13(12)16/h4-5,7,10-11H,3,6,8-9H2,1-2H3. The van der Waals surface area contributed by atoms with Gasteiger partial charge in [0.05, 0.1) is 17.1 Å². The number of carbonyl (C=O) groups excluding carboxylic acids is 2. The van der Waals surface area contributed by atoms with E-state index in [0.29, 0.717) is 13.0 Å². The Morgan fingerprint density at radius 2 is 2.21 bits per heavy atom. The van der Waals surface area contributed by atoms with Gasteiger partial charge in [-0.3, -0.25) is 4.79 Å². The van der Waals surface area contributed by atoms with Crippen LogP contribution in [-0.4, -0.2) is 60.4 Å². The quantitative estimate of drug-likeness (QED) is 0.570. The predicted octanol–water partition coefficient (Wildman–Crippen LogP) is 1.32. The van der Waals surface area contributed by atoms with Crippen molar-refractivity contribution in [1.29, 1.82) is 0 Å². The lowest BCUT2D eigenvalue weighted by molar-refractivity contribution is -0.141. The summed E-state index contributed by atoms with van der Waals surface area (Å²) in [6.07, 6.45) is 0.793. The molecule has 1 aliphatic heterocycles. The fourth-order valence-corrected chi connectivity index (χ4v) is 4.59. The van der Waals surface area contributed by atoms with Gasteiger partial charge in [0.1, 0.15) is 5.15 Å². The summed E-state index contributed by atoms with van der Waals surface area (Å²) in [5.74, 6) is -1.15. The van der Waals surface area contributed by atoms with Gasteiger partial charge in [0, 0.05) is 18.8 Å². The van der Waals surface area contributed by atoms with Gasteiger partial charge in [0.25, 0.3) is 5.91 Å². The van der Waals surface area contributed by atoms with E-state index in [1.807, 2.05) is 0 Å². The van der Waals surface area contributed by atoms with E-state index in [0.717, 1.165) is 0 Å². The normalized spacial score (nSPS) is 20.4. The first-order valence-corrected chi connectivity index (χ1v) is 9.77. The van der Waals surface area contributed by atoms with Gasteiger partial charge in [0.15, 0.2) is 15.9 Å². The van der Waals surface area contributed by atoms with Crippen molar-refractivity contribution in [2.75, 3.05) is 18.1 Å². The van der Waals surface area contributed by atoms with Crippen LogP contribution in [0.3, 0.4) is 0 Å². The van der Waals surface area contributed by atoms with E-state index >= 15 is 0 Å².